The number of carboxylic acid groups (broad SMARTS) is 1. The van der Waals surface area contributed by atoms with Gasteiger partial charge in [-0.2, -0.15) is 4.98 Å². The molecule has 0 aliphatic carbocycles. The SMILES string of the molecule is CCCNC(=O)CC[C@@H](NC(=O)c1ccc(NCc2cnc3nc(N)[nH]c(=O)c3n2)cc1)C(=O)O. The van der Waals surface area contributed by atoms with E-state index in [4.69, 9.17) is 5.73 Å². The highest BCUT2D eigenvalue weighted by Crippen LogP contribution is 2.12. The molecule has 0 saturated carbocycles. The molecule has 7 N–H and O–H groups in total. The number of carbonyl (C=O) groups is 3. The van der Waals surface area contributed by atoms with E-state index in [1.54, 1.807) is 12.1 Å². The molecule has 3 rings (SSSR count). The molecule has 0 radical (unpaired) electrons. The van der Waals surface area contributed by atoms with E-state index in [-0.39, 0.29) is 48.0 Å². The van der Waals surface area contributed by atoms with E-state index in [1.165, 1.54) is 18.3 Å². The summed E-state index contributed by atoms with van der Waals surface area (Å²) in [7, 11) is 0. The summed E-state index contributed by atoms with van der Waals surface area (Å²) >= 11 is 0. The van der Waals surface area contributed by atoms with Crippen molar-refractivity contribution in [2.45, 2.75) is 38.8 Å². The summed E-state index contributed by atoms with van der Waals surface area (Å²) in [6, 6.07) is 5.17. The number of hydrogen-bond donors (Lipinski definition) is 6. The lowest BCUT2D eigenvalue weighted by atomic mass is 10.1. The zero-order chi connectivity index (χ0) is 25.4. The van der Waals surface area contributed by atoms with Crippen molar-refractivity contribution in [1.29, 1.82) is 0 Å². The molecular weight excluding hydrogens is 456 g/mol. The molecule has 0 aliphatic heterocycles. The smallest absolute Gasteiger partial charge is 0.326 e. The maximum atomic E-state index is 12.5. The van der Waals surface area contributed by atoms with Gasteiger partial charge in [0.15, 0.2) is 11.2 Å². The molecule has 0 fully saturated rings. The van der Waals surface area contributed by atoms with Crippen LogP contribution in [0.4, 0.5) is 11.6 Å². The van der Waals surface area contributed by atoms with E-state index in [0.717, 1.165) is 6.42 Å². The number of fused-ring (bicyclic) bond motifs is 1. The van der Waals surface area contributed by atoms with Gasteiger partial charge in [0.1, 0.15) is 6.04 Å². The van der Waals surface area contributed by atoms with Gasteiger partial charge in [0.05, 0.1) is 18.4 Å². The highest BCUT2D eigenvalue weighted by atomic mass is 16.4. The minimum Gasteiger partial charge on any atom is -0.480 e. The van der Waals surface area contributed by atoms with Crippen molar-refractivity contribution in [3.63, 3.8) is 0 Å². The van der Waals surface area contributed by atoms with Crippen molar-refractivity contribution in [2.75, 3.05) is 17.6 Å². The van der Waals surface area contributed by atoms with Crippen LogP contribution in [0.25, 0.3) is 11.2 Å². The van der Waals surface area contributed by atoms with Gasteiger partial charge < -0.3 is 26.8 Å². The van der Waals surface area contributed by atoms with Gasteiger partial charge in [-0.05, 0) is 37.1 Å². The summed E-state index contributed by atoms with van der Waals surface area (Å²) in [6.45, 7) is 2.68. The number of H-pyrrole nitrogens is 1. The topological polar surface area (TPSA) is 205 Å². The van der Waals surface area contributed by atoms with Gasteiger partial charge in [0, 0.05) is 24.2 Å². The number of carboxylic acids is 1. The summed E-state index contributed by atoms with van der Waals surface area (Å²) < 4.78 is 0. The Morgan fingerprint density at radius 3 is 2.60 bits per heavy atom. The van der Waals surface area contributed by atoms with Crippen LogP contribution >= 0.6 is 0 Å². The third kappa shape index (κ3) is 6.96. The first-order valence-corrected chi connectivity index (χ1v) is 10.9. The second kappa shape index (κ2) is 11.5. The van der Waals surface area contributed by atoms with Crippen LogP contribution in [-0.2, 0) is 16.1 Å². The minimum absolute atomic E-state index is 0.00686. The summed E-state index contributed by atoms with van der Waals surface area (Å²) in [5.41, 5.74) is 6.64. The third-order valence-electron chi connectivity index (χ3n) is 4.94. The Hall–Kier alpha value is -4.55. The third-order valence-corrected chi connectivity index (χ3v) is 4.94. The molecule has 13 heteroatoms. The Labute approximate surface area is 199 Å². The van der Waals surface area contributed by atoms with Gasteiger partial charge in [-0.3, -0.25) is 19.4 Å². The number of aliphatic carboxylic acids is 1. The molecule has 2 amide bonds. The number of hydrogen-bond acceptors (Lipinski definition) is 9. The highest BCUT2D eigenvalue weighted by molar-refractivity contribution is 5.97. The number of nitrogens with zero attached hydrogens (tertiary/aromatic N) is 3. The molecular formula is C22H26N8O5. The van der Waals surface area contributed by atoms with Gasteiger partial charge in [0.25, 0.3) is 11.5 Å². The first kappa shape index (κ1) is 25.1. The molecule has 1 atom stereocenters. The van der Waals surface area contributed by atoms with Crippen molar-refractivity contribution >= 4 is 40.6 Å². The summed E-state index contributed by atoms with van der Waals surface area (Å²) in [5.74, 6) is -2.08. The number of nitrogens with one attached hydrogen (secondary N) is 4. The second-order valence-corrected chi connectivity index (χ2v) is 7.67. The van der Waals surface area contributed by atoms with E-state index in [1.807, 2.05) is 6.92 Å². The molecule has 184 valence electrons. The molecule has 0 unspecified atom stereocenters. The Bertz CT molecular complexity index is 1280. The molecule has 1 aromatic carbocycles. The number of nitrogens with two attached hydrogens (primary N) is 1. The molecule has 2 aromatic heterocycles. The molecule has 0 spiro atoms. The maximum absolute atomic E-state index is 12.5. The second-order valence-electron chi connectivity index (χ2n) is 7.67. The number of anilines is 2. The van der Waals surface area contributed by atoms with Crippen LogP contribution in [0.1, 0.15) is 42.2 Å². The predicted molar refractivity (Wildman–Crippen MR) is 128 cm³/mol. The lowest BCUT2D eigenvalue weighted by Gasteiger charge is -2.15. The van der Waals surface area contributed by atoms with Crippen LogP contribution in [0, 0.1) is 0 Å². The van der Waals surface area contributed by atoms with Crippen molar-refractivity contribution in [2.24, 2.45) is 0 Å². The first-order chi connectivity index (χ1) is 16.8. The Balaban J connectivity index is 1.57. The molecule has 35 heavy (non-hydrogen) atoms. The van der Waals surface area contributed by atoms with Crippen LogP contribution in [0.15, 0.2) is 35.3 Å². The van der Waals surface area contributed by atoms with Crippen LogP contribution in [-0.4, -0.2) is 55.4 Å². The van der Waals surface area contributed by atoms with Crippen LogP contribution in [0.5, 0.6) is 0 Å². The lowest BCUT2D eigenvalue weighted by Crippen LogP contribution is -2.41. The normalized spacial score (nSPS) is 11.6. The number of benzene rings is 1. The van der Waals surface area contributed by atoms with Crippen LogP contribution in [0.3, 0.4) is 0 Å². The van der Waals surface area contributed by atoms with Crippen LogP contribution in [0.2, 0.25) is 0 Å². The molecule has 3 aromatic rings. The van der Waals surface area contributed by atoms with Crippen molar-refractivity contribution in [1.82, 2.24) is 30.6 Å². The monoisotopic (exact) mass is 482 g/mol. The summed E-state index contributed by atoms with van der Waals surface area (Å²) in [5, 5.41) is 17.6. The average molecular weight is 483 g/mol. The average Bonchev–Trinajstić information content (AvgIpc) is 2.84. The predicted octanol–water partition coefficient (Wildman–Crippen LogP) is 0.397. The molecule has 0 saturated heterocycles. The summed E-state index contributed by atoms with van der Waals surface area (Å²) in [6.07, 6.45) is 2.22. The van der Waals surface area contributed by atoms with E-state index in [9.17, 15) is 24.3 Å². The number of carbonyl (C=O) groups excluding carboxylic acids is 2. The maximum Gasteiger partial charge on any atom is 0.326 e. The van der Waals surface area contributed by atoms with Gasteiger partial charge >= 0.3 is 5.97 Å². The Morgan fingerprint density at radius 2 is 1.91 bits per heavy atom. The van der Waals surface area contributed by atoms with Gasteiger partial charge in [-0.1, -0.05) is 6.92 Å². The quantitative estimate of drug-likeness (QED) is 0.222. The van der Waals surface area contributed by atoms with Gasteiger partial charge in [0.2, 0.25) is 11.9 Å². The molecule has 0 bridgehead atoms. The van der Waals surface area contributed by atoms with E-state index >= 15 is 0 Å². The van der Waals surface area contributed by atoms with Crippen molar-refractivity contribution in [3.05, 3.63) is 52.1 Å². The summed E-state index contributed by atoms with van der Waals surface area (Å²) in [4.78, 5) is 62.3. The number of rotatable bonds is 11. The highest BCUT2D eigenvalue weighted by Gasteiger charge is 2.21. The first-order valence-electron chi connectivity index (χ1n) is 10.9. The fourth-order valence-electron chi connectivity index (χ4n) is 3.12. The number of nitrogen functional groups attached to an aromatic ring is 1. The zero-order valence-electron chi connectivity index (χ0n) is 19.0. The minimum atomic E-state index is -1.21. The Morgan fingerprint density at radius 1 is 1.17 bits per heavy atom. The fourth-order valence-corrected chi connectivity index (χ4v) is 3.12. The number of aromatic amines is 1. The van der Waals surface area contributed by atoms with E-state index in [2.05, 4.69) is 35.9 Å². The standard InChI is InChI=1S/C22H26N8O5/c1-2-9-24-16(31)8-7-15(21(34)35)28-19(32)12-3-5-13(6-4-12)25-10-14-11-26-18-17(27-14)20(33)30-22(23)29-18/h3-6,11,15,25H,2,7-10H2,1H3,(H,24,31)(H,28,32)(H,34,35)(H3,23,26,29,30,33)/t15-/m1/s1. The lowest BCUT2D eigenvalue weighted by molar-refractivity contribution is -0.139. The number of amides is 2. The van der Waals surface area contributed by atoms with Crippen molar-refractivity contribution in [3.8, 4) is 0 Å². The van der Waals surface area contributed by atoms with E-state index < -0.39 is 23.5 Å². The van der Waals surface area contributed by atoms with Crippen LogP contribution < -0.4 is 27.2 Å². The van der Waals surface area contributed by atoms with Crippen molar-refractivity contribution < 1.29 is 19.5 Å². The Kier molecular flexibility index (Phi) is 8.27. The molecule has 0 aliphatic rings. The van der Waals surface area contributed by atoms with Gasteiger partial charge in [-0.25, -0.2) is 14.8 Å². The zero-order valence-corrected chi connectivity index (χ0v) is 19.0. The van der Waals surface area contributed by atoms with E-state index in [0.29, 0.717) is 17.9 Å². The largest absolute Gasteiger partial charge is 0.480 e. The fraction of sp³-hybridized carbons (Fsp3) is 0.318. The number of aromatic nitrogens is 4. The molecule has 13 nitrogen and oxygen atoms in total. The molecule has 2 heterocycles. The van der Waals surface area contributed by atoms with Gasteiger partial charge in [-0.15, -0.1) is 0 Å².